The molecule has 1 unspecified atom stereocenters. The van der Waals surface area contributed by atoms with Gasteiger partial charge >= 0.3 is 5.97 Å². The number of carboxylic acids is 1. The minimum atomic E-state index is -0.852. The number of fused-ring (bicyclic) bond motifs is 5. The van der Waals surface area contributed by atoms with Crippen LogP contribution in [0, 0.1) is 45.3 Å². The van der Waals surface area contributed by atoms with Crippen LogP contribution < -0.4 is 0 Å². The summed E-state index contributed by atoms with van der Waals surface area (Å²) in [6, 6.07) is 0. The molecule has 0 aromatic carbocycles. The van der Waals surface area contributed by atoms with Gasteiger partial charge in [-0.15, -0.1) is 0 Å². The van der Waals surface area contributed by atoms with Crippen molar-refractivity contribution in [2.75, 3.05) is 0 Å². The number of hydrogen-bond donors (Lipinski definition) is 1. The van der Waals surface area contributed by atoms with Crippen LogP contribution in [0.2, 0.25) is 0 Å². The van der Waals surface area contributed by atoms with Crippen LogP contribution in [0.3, 0.4) is 0 Å². The van der Waals surface area contributed by atoms with Gasteiger partial charge in [0.25, 0.3) is 0 Å². The molecule has 3 heteroatoms. The van der Waals surface area contributed by atoms with E-state index in [9.17, 15) is 9.59 Å². The number of allylic oxidation sites excluding steroid dienone is 5. The molecule has 4 aliphatic rings. The standard InChI is InChI=1S/C30H44O3/c1-19(9-8-10-20(2)26(32)33)21-13-17-30(7)23-11-12-24-27(3,4)25(31)15-16-28(24,5)22(23)14-18-29(21,30)6/h8-10,14,19,21,23-24H,11-13,15-18H2,1-7H3,(H,32,33)/b9-8+,20-10+/t19?,21-,23-,24+,28-,29-,30+/m1/s1. The molecule has 0 aliphatic heterocycles. The highest BCUT2D eigenvalue weighted by Gasteiger charge is 2.65. The first-order valence-electron chi connectivity index (χ1n) is 13.1. The van der Waals surface area contributed by atoms with E-state index in [1.165, 1.54) is 25.7 Å². The molecule has 0 bridgehead atoms. The second-order valence-electron chi connectivity index (χ2n) is 13.0. The largest absolute Gasteiger partial charge is 0.478 e. The Morgan fingerprint density at radius 3 is 2.45 bits per heavy atom. The molecule has 0 saturated heterocycles. The molecule has 0 aromatic heterocycles. The van der Waals surface area contributed by atoms with Crippen LogP contribution in [0.4, 0.5) is 0 Å². The molecule has 0 amide bonds. The molecular weight excluding hydrogens is 408 g/mol. The quantitative estimate of drug-likeness (QED) is 0.275. The van der Waals surface area contributed by atoms with Crippen molar-refractivity contribution in [3.8, 4) is 0 Å². The third-order valence-corrected chi connectivity index (χ3v) is 11.4. The molecule has 4 aliphatic carbocycles. The Balaban J connectivity index is 1.64. The van der Waals surface area contributed by atoms with E-state index in [0.29, 0.717) is 35.0 Å². The van der Waals surface area contributed by atoms with Gasteiger partial charge in [0.1, 0.15) is 5.78 Å². The number of ketones is 1. The monoisotopic (exact) mass is 452 g/mol. The van der Waals surface area contributed by atoms with E-state index in [0.717, 1.165) is 19.3 Å². The molecule has 3 nitrogen and oxygen atoms in total. The molecule has 7 atom stereocenters. The van der Waals surface area contributed by atoms with Crippen molar-refractivity contribution in [3.63, 3.8) is 0 Å². The Bertz CT molecular complexity index is 936. The zero-order valence-corrected chi connectivity index (χ0v) is 21.8. The molecule has 0 spiro atoms. The number of Topliss-reactive ketones (excluding diaryl/α,β-unsaturated/α-hetero) is 1. The van der Waals surface area contributed by atoms with Crippen LogP contribution in [0.15, 0.2) is 35.5 Å². The highest BCUT2D eigenvalue weighted by atomic mass is 16.4. The zero-order chi connectivity index (χ0) is 24.4. The van der Waals surface area contributed by atoms with Crippen molar-refractivity contribution in [1.29, 1.82) is 0 Å². The highest BCUT2D eigenvalue weighted by molar-refractivity contribution is 5.86. The number of carbonyl (C=O) groups excluding carboxylic acids is 1. The fourth-order valence-electron chi connectivity index (χ4n) is 8.99. The van der Waals surface area contributed by atoms with Crippen LogP contribution in [0.5, 0.6) is 0 Å². The van der Waals surface area contributed by atoms with Crippen molar-refractivity contribution in [1.82, 2.24) is 0 Å². The van der Waals surface area contributed by atoms with Crippen LogP contribution >= 0.6 is 0 Å². The maximum Gasteiger partial charge on any atom is 0.331 e. The van der Waals surface area contributed by atoms with E-state index in [4.69, 9.17) is 5.11 Å². The maximum atomic E-state index is 12.8. The molecule has 3 saturated carbocycles. The van der Waals surface area contributed by atoms with Gasteiger partial charge < -0.3 is 5.11 Å². The van der Waals surface area contributed by atoms with Crippen molar-refractivity contribution in [2.45, 2.75) is 93.4 Å². The van der Waals surface area contributed by atoms with E-state index in [1.54, 1.807) is 18.6 Å². The molecule has 1 N–H and O–H groups in total. The number of carbonyl (C=O) groups is 2. The van der Waals surface area contributed by atoms with Crippen LogP contribution in [-0.2, 0) is 9.59 Å². The van der Waals surface area contributed by atoms with Gasteiger partial charge in [0.15, 0.2) is 0 Å². The lowest BCUT2D eigenvalue weighted by Crippen LogP contribution is -2.56. The van der Waals surface area contributed by atoms with Gasteiger partial charge in [0.2, 0.25) is 0 Å². The summed E-state index contributed by atoms with van der Waals surface area (Å²) in [6.45, 7) is 15.9. The molecule has 4 rings (SSSR count). The van der Waals surface area contributed by atoms with E-state index in [-0.39, 0.29) is 21.7 Å². The SMILES string of the molecule is C/C(=C\C=C\C(C)[C@H]1CC[C@@]2(C)[C@@H]3CC[C@H]4C(C)(C)C(=O)CC[C@]4(C)C3=CC[C@]12C)C(=O)O. The molecule has 33 heavy (non-hydrogen) atoms. The first kappa shape index (κ1) is 24.5. The molecular formula is C30H44O3. The predicted octanol–water partition coefficient (Wildman–Crippen LogP) is 7.38. The average molecular weight is 453 g/mol. The second kappa shape index (κ2) is 7.95. The summed E-state index contributed by atoms with van der Waals surface area (Å²) in [6.07, 6.45) is 16.3. The van der Waals surface area contributed by atoms with Crippen molar-refractivity contribution >= 4 is 11.8 Å². The summed E-state index contributed by atoms with van der Waals surface area (Å²) in [4.78, 5) is 23.9. The summed E-state index contributed by atoms with van der Waals surface area (Å²) in [5.41, 5.74) is 2.55. The number of aliphatic carboxylic acids is 1. The topological polar surface area (TPSA) is 54.4 Å². The average Bonchev–Trinajstić information content (AvgIpc) is 3.02. The minimum absolute atomic E-state index is 0.160. The number of hydrogen-bond acceptors (Lipinski definition) is 2. The maximum absolute atomic E-state index is 12.8. The second-order valence-corrected chi connectivity index (χ2v) is 13.0. The van der Waals surface area contributed by atoms with Gasteiger partial charge in [0.05, 0.1) is 0 Å². The molecule has 0 radical (unpaired) electrons. The highest BCUT2D eigenvalue weighted by Crippen LogP contribution is 2.72. The van der Waals surface area contributed by atoms with Gasteiger partial charge in [-0.2, -0.15) is 0 Å². The Morgan fingerprint density at radius 2 is 1.79 bits per heavy atom. The molecule has 0 aromatic rings. The first-order valence-corrected chi connectivity index (χ1v) is 13.1. The summed E-state index contributed by atoms with van der Waals surface area (Å²) in [7, 11) is 0. The van der Waals surface area contributed by atoms with Crippen molar-refractivity contribution < 1.29 is 14.7 Å². The first-order chi connectivity index (χ1) is 15.3. The van der Waals surface area contributed by atoms with Gasteiger partial charge in [-0.3, -0.25) is 4.79 Å². The zero-order valence-electron chi connectivity index (χ0n) is 21.8. The minimum Gasteiger partial charge on any atom is -0.478 e. The smallest absolute Gasteiger partial charge is 0.331 e. The van der Waals surface area contributed by atoms with Gasteiger partial charge in [-0.25, -0.2) is 4.79 Å². The predicted molar refractivity (Wildman–Crippen MR) is 134 cm³/mol. The van der Waals surface area contributed by atoms with Gasteiger partial charge in [-0.1, -0.05) is 71.4 Å². The van der Waals surface area contributed by atoms with E-state index >= 15 is 0 Å². The fourth-order valence-corrected chi connectivity index (χ4v) is 8.99. The lowest BCUT2D eigenvalue weighted by molar-refractivity contribution is -0.142. The van der Waals surface area contributed by atoms with E-state index in [1.807, 2.05) is 6.08 Å². The summed E-state index contributed by atoms with van der Waals surface area (Å²) >= 11 is 0. The Kier molecular flexibility index (Phi) is 5.90. The Morgan fingerprint density at radius 1 is 1.09 bits per heavy atom. The Labute approximate surface area is 200 Å². The number of rotatable bonds is 4. The summed E-state index contributed by atoms with van der Waals surface area (Å²) in [5.74, 6) is 1.72. The summed E-state index contributed by atoms with van der Waals surface area (Å²) < 4.78 is 0. The third kappa shape index (κ3) is 3.43. The van der Waals surface area contributed by atoms with Crippen molar-refractivity contribution in [2.24, 2.45) is 45.3 Å². The molecule has 0 heterocycles. The van der Waals surface area contributed by atoms with Gasteiger partial charge in [0, 0.05) is 17.4 Å². The van der Waals surface area contributed by atoms with E-state index < -0.39 is 5.97 Å². The Hall–Kier alpha value is -1.64. The van der Waals surface area contributed by atoms with Gasteiger partial charge in [-0.05, 0) is 85.4 Å². The molecule has 182 valence electrons. The number of carboxylic acid groups (broad SMARTS) is 1. The fraction of sp³-hybridized carbons (Fsp3) is 0.733. The third-order valence-electron chi connectivity index (χ3n) is 11.4. The van der Waals surface area contributed by atoms with E-state index in [2.05, 4.69) is 53.7 Å². The summed E-state index contributed by atoms with van der Waals surface area (Å²) in [5, 5.41) is 9.12. The normalized spacial score (nSPS) is 43.5. The van der Waals surface area contributed by atoms with Crippen LogP contribution in [0.25, 0.3) is 0 Å². The lowest BCUT2D eigenvalue weighted by atomic mass is 9.41. The van der Waals surface area contributed by atoms with Crippen LogP contribution in [0.1, 0.15) is 93.4 Å². The van der Waals surface area contributed by atoms with Crippen LogP contribution in [-0.4, -0.2) is 16.9 Å². The molecule has 3 fully saturated rings. The van der Waals surface area contributed by atoms with Crippen molar-refractivity contribution in [3.05, 3.63) is 35.5 Å². The lowest BCUT2D eigenvalue weighted by Gasteiger charge is -2.63.